The highest BCUT2D eigenvalue weighted by Gasteiger charge is 2.11. The minimum atomic E-state index is -2.72. The van der Waals surface area contributed by atoms with E-state index < -0.39 is 12.1 Å². The Morgan fingerprint density at radius 3 is 2.57 bits per heavy atom. The Hall–Kier alpha value is -2.01. The molecule has 1 heterocycles. The molecule has 3 nitrogen and oxygen atoms in total. The van der Waals surface area contributed by atoms with Crippen LogP contribution in [0.3, 0.4) is 0 Å². The van der Waals surface area contributed by atoms with Gasteiger partial charge in [-0.2, -0.15) is 10.5 Å². The summed E-state index contributed by atoms with van der Waals surface area (Å²) in [4.78, 5) is 3.41. The van der Waals surface area contributed by atoms with Crippen molar-refractivity contribution < 1.29 is 8.78 Å². The fourth-order valence-electron chi connectivity index (χ4n) is 0.973. The standard InChI is InChI=1S/C9H5F2N3/c10-9(11)8-4-6(1-2-12)3-7(5-13)14-8/h3-4,9H,1H2. The summed E-state index contributed by atoms with van der Waals surface area (Å²) in [6.07, 6.45) is -2.72. The van der Waals surface area contributed by atoms with E-state index in [0.717, 1.165) is 6.07 Å². The first-order valence-electron chi connectivity index (χ1n) is 3.73. The zero-order valence-corrected chi connectivity index (χ0v) is 7.04. The summed E-state index contributed by atoms with van der Waals surface area (Å²) in [5, 5.41) is 16.9. The molecule has 0 aliphatic heterocycles. The highest BCUT2D eigenvalue weighted by Crippen LogP contribution is 2.18. The smallest absolute Gasteiger partial charge is 0.236 e. The molecule has 5 heteroatoms. The van der Waals surface area contributed by atoms with Gasteiger partial charge >= 0.3 is 0 Å². The molecule has 0 aromatic carbocycles. The first-order chi connectivity index (χ1) is 6.67. The van der Waals surface area contributed by atoms with Gasteiger partial charge in [-0.3, -0.25) is 0 Å². The molecule has 0 bridgehead atoms. The van der Waals surface area contributed by atoms with Crippen molar-refractivity contribution in [3.63, 3.8) is 0 Å². The Morgan fingerprint density at radius 1 is 1.36 bits per heavy atom. The van der Waals surface area contributed by atoms with Crippen molar-refractivity contribution in [2.24, 2.45) is 0 Å². The molecule has 0 aliphatic carbocycles. The van der Waals surface area contributed by atoms with Crippen LogP contribution >= 0.6 is 0 Å². The highest BCUT2D eigenvalue weighted by atomic mass is 19.3. The molecule has 1 aromatic heterocycles. The van der Waals surface area contributed by atoms with E-state index in [2.05, 4.69) is 4.98 Å². The van der Waals surface area contributed by atoms with E-state index in [1.807, 2.05) is 6.07 Å². The Morgan fingerprint density at radius 2 is 2.07 bits per heavy atom. The third-order valence-corrected chi connectivity index (χ3v) is 1.53. The van der Waals surface area contributed by atoms with Crippen LogP contribution in [0.15, 0.2) is 12.1 Å². The lowest BCUT2D eigenvalue weighted by atomic mass is 10.1. The van der Waals surface area contributed by atoms with Crippen LogP contribution in [-0.4, -0.2) is 4.98 Å². The van der Waals surface area contributed by atoms with Gasteiger partial charge in [-0.05, 0) is 17.7 Å². The van der Waals surface area contributed by atoms with Gasteiger partial charge in [0.15, 0.2) is 0 Å². The summed E-state index contributed by atoms with van der Waals surface area (Å²) < 4.78 is 24.5. The molecule has 1 rings (SSSR count). The number of halogens is 2. The van der Waals surface area contributed by atoms with Gasteiger partial charge in [0.1, 0.15) is 17.5 Å². The molecular formula is C9H5F2N3. The van der Waals surface area contributed by atoms with Crippen LogP contribution in [-0.2, 0) is 6.42 Å². The molecule has 14 heavy (non-hydrogen) atoms. The van der Waals surface area contributed by atoms with Gasteiger partial charge < -0.3 is 0 Å². The maximum atomic E-state index is 12.2. The number of hydrogen-bond acceptors (Lipinski definition) is 3. The maximum Gasteiger partial charge on any atom is 0.280 e. The fourth-order valence-corrected chi connectivity index (χ4v) is 0.973. The van der Waals surface area contributed by atoms with Gasteiger partial charge in [-0.15, -0.1) is 0 Å². The van der Waals surface area contributed by atoms with Gasteiger partial charge in [-0.1, -0.05) is 0 Å². The molecule has 0 fully saturated rings. The highest BCUT2D eigenvalue weighted by molar-refractivity contribution is 5.30. The lowest BCUT2D eigenvalue weighted by molar-refractivity contribution is 0.146. The third-order valence-electron chi connectivity index (χ3n) is 1.53. The van der Waals surface area contributed by atoms with Crippen LogP contribution in [0.25, 0.3) is 0 Å². The second kappa shape index (κ2) is 4.29. The fraction of sp³-hybridized carbons (Fsp3) is 0.222. The van der Waals surface area contributed by atoms with E-state index in [-0.39, 0.29) is 12.1 Å². The number of alkyl halides is 2. The minimum absolute atomic E-state index is 0.00306. The van der Waals surface area contributed by atoms with E-state index >= 15 is 0 Å². The Kier molecular flexibility index (Phi) is 3.09. The van der Waals surface area contributed by atoms with Crippen LogP contribution in [0.4, 0.5) is 8.78 Å². The quantitative estimate of drug-likeness (QED) is 0.721. The van der Waals surface area contributed by atoms with Gasteiger partial charge in [0.05, 0.1) is 12.5 Å². The summed E-state index contributed by atoms with van der Waals surface area (Å²) >= 11 is 0. The van der Waals surface area contributed by atoms with Gasteiger partial charge in [0.2, 0.25) is 0 Å². The average molecular weight is 193 g/mol. The van der Waals surface area contributed by atoms with Crippen molar-refractivity contribution in [1.82, 2.24) is 4.98 Å². The molecule has 0 atom stereocenters. The van der Waals surface area contributed by atoms with Crippen molar-refractivity contribution in [3.8, 4) is 12.1 Å². The van der Waals surface area contributed by atoms with Crippen molar-refractivity contribution in [2.45, 2.75) is 12.8 Å². The summed E-state index contributed by atoms with van der Waals surface area (Å²) in [6.45, 7) is 0. The monoisotopic (exact) mass is 193 g/mol. The van der Waals surface area contributed by atoms with Crippen molar-refractivity contribution in [1.29, 1.82) is 10.5 Å². The molecule has 0 saturated carbocycles. The van der Waals surface area contributed by atoms with Crippen molar-refractivity contribution >= 4 is 0 Å². The topological polar surface area (TPSA) is 60.5 Å². The molecule has 0 spiro atoms. The molecular weight excluding hydrogens is 188 g/mol. The number of pyridine rings is 1. The van der Waals surface area contributed by atoms with Gasteiger partial charge in [0.25, 0.3) is 6.43 Å². The number of nitrogens with zero attached hydrogens (tertiary/aromatic N) is 3. The molecule has 0 amide bonds. The van der Waals surface area contributed by atoms with Crippen molar-refractivity contribution in [2.75, 3.05) is 0 Å². The predicted molar refractivity (Wildman–Crippen MR) is 43.2 cm³/mol. The largest absolute Gasteiger partial charge is 0.280 e. The lowest BCUT2D eigenvalue weighted by Crippen LogP contribution is -1.96. The second-order valence-electron chi connectivity index (χ2n) is 2.53. The van der Waals surface area contributed by atoms with Crippen LogP contribution in [0.1, 0.15) is 23.4 Å². The van der Waals surface area contributed by atoms with Gasteiger partial charge in [-0.25, -0.2) is 13.8 Å². The summed E-state index contributed by atoms with van der Waals surface area (Å²) in [7, 11) is 0. The number of nitriles is 2. The molecule has 0 N–H and O–H groups in total. The Balaban J connectivity index is 3.16. The molecule has 0 aliphatic rings. The summed E-state index contributed by atoms with van der Waals surface area (Å²) in [5.41, 5.74) is -0.170. The normalized spacial score (nSPS) is 9.50. The van der Waals surface area contributed by atoms with E-state index in [9.17, 15) is 8.78 Å². The van der Waals surface area contributed by atoms with E-state index in [4.69, 9.17) is 10.5 Å². The average Bonchev–Trinajstić information content (AvgIpc) is 2.17. The SMILES string of the molecule is N#CCc1cc(C#N)nc(C(F)F)c1. The first-order valence-corrected chi connectivity index (χ1v) is 3.73. The van der Waals surface area contributed by atoms with Crippen LogP contribution in [0.2, 0.25) is 0 Å². The number of aromatic nitrogens is 1. The van der Waals surface area contributed by atoms with E-state index in [0.29, 0.717) is 5.56 Å². The minimum Gasteiger partial charge on any atom is -0.236 e. The predicted octanol–water partition coefficient (Wildman–Crippen LogP) is 1.96. The van der Waals surface area contributed by atoms with Crippen molar-refractivity contribution in [3.05, 3.63) is 29.1 Å². The maximum absolute atomic E-state index is 12.2. The molecule has 0 radical (unpaired) electrons. The van der Waals surface area contributed by atoms with Crippen LogP contribution < -0.4 is 0 Å². The summed E-state index contributed by atoms with van der Waals surface area (Å²) in [6, 6.07) is 5.95. The molecule has 0 saturated heterocycles. The molecule has 70 valence electrons. The third kappa shape index (κ3) is 2.24. The van der Waals surface area contributed by atoms with E-state index in [1.54, 1.807) is 6.07 Å². The zero-order chi connectivity index (χ0) is 10.6. The Bertz CT molecular complexity index is 415. The molecule has 0 unspecified atom stereocenters. The van der Waals surface area contributed by atoms with Crippen LogP contribution in [0, 0.1) is 22.7 Å². The number of hydrogen-bond donors (Lipinski definition) is 0. The van der Waals surface area contributed by atoms with E-state index in [1.165, 1.54) is 6.07 Å². The second-order valence-corrected chi connectivity index (χ2v) is 2.53. The first kappa shape index (κ1) is 10.1. The zero-order valence-electron chi connectivity index (χ0n) is 7.04. The van der Waals surface area contributed by atoms with Gasteiger partial charge in [0, 0.05) is 0 Å². The Labute approximate surface area is 79.2 Å². The number of rotatable bonds is 2. The lowest BCUT2D eigenvalue weighted by Gasteiger charge is -2.01. The summed E-state index contributed by atoms with van der Waals surface area (Å²) in [5.74, 6) is 0. The van der Waals surface area contributed by atoms with Crippen LogP contribution in [0.5, 0.6) is 0 Å². The molecule has 1 aromatic rings.